The number of anilines is 2. The van der Waals surface area contributed by atoms with E-state index < -0.39 is 0 Å². The molecule has 3 N–H and O–H groups in total. The van der Waals surface area contributed by atoms with Crippen LogP contribution in [-0.2, 0) is 0 Å². The summed E-state index contributed by atoms with van der Waals surface area (Å²) in [4.78, 5) is 4.67. The summed E-state index contributed by atoms with van der Waals surface area (Å²) < 4.78 is 11.5. The minimum Gasteiger partial charge on any atom is -0.493 e. The molecule has 1 aliphatic rings. The number of rotatable bonds is 4. The lowest BCUT2D eigenvalue weighted by Crippen LogP contribution is -2.14. The van der Waals surface area contributed by atoms with E-state index in [-0.39, 0.29) is 6.04 Å². The lowest BCUT2D eigenvalue weighted by molar-refractivity contribution is 0.335. The number of nitrogen functional groups attached to an aromatic ring is 1. The van der Waals surface area contributed by atoms with Gasteiger partial charge in [-0.25, -0.2) is 4.98 Å². The third-order valence-electron chi connectivity index (χ3n) is 4.12. The van der Waals surface area contributed by atoms with E-state index in [2.05, 4.69) is 10.3 Å². The van der Waals surface area contributed by atoms with Gasteiger partial charge in [0.15, 0.2) is 0 Å². The van der Waals surface area contributed by atoms with Crippen molar-refractivity contribution in [1.29, 1.82) is 0 Å². The highest BCUT2D eigenvalue weighted by molar-refractivity contribution is 5.83. The van der Waals surface area contributed by atoms with Gasteiger partial charge in [-0.1, -0.05) is 6.07 Å². The summed E-state index contributed by atoms with van der Waals surface area (Å²) in [5.41, 5.74) is 8.52. The Morgan fingerprint density at radius 2 is 2.17 bits per heavy atom. The average molecular weight is 321 g/mol. The molecule has 0 saturated heterocycles. The molecule has 0 fully saturated rings. The molecule has 1 aromatic heterocycles. The maximum Gasteiger partial charge on any atom is 0.128 e. The molecule has 0 bridgehead atoms. The Bertz CT molecular complexity index is 895. The van der Waals surface area contributed by atoms with Gasteiger partial charge >= 0.3 is 0 Å². The van der Waals surface area contributed by atoms with E-state index in [9.17, 15) is 0 Å². The van der Waals surface area contributed by atoms with Crippen LogP contribution in [-0.4, -0.2) is 18.2 Å². The average Bonchev–Trinajstić information content (AvgIpc) is 2.99. The number of hydrogen-bond acceptors (Lipinski definition) is 5. The fourth-order valence-electron chi connectivity index (χ4n) is 3.05. The summed E-state index contributed by atoms with van der Waals surface area (Å²) in [6.07, 6.45) is 0. The SMILES string of the molecule is CCOc1cccc2c1[C@H](Nc1ccc3cc(N)ccc3n1)CO2. The zero-order valence-corrected chi connectivity index (χ0v) is 13.5. The number of aromatic nitrogens is 1. The first-order valence-electron chi connectivity index (χ1n) is 8.06. The predicted molar refractivity (Wildman–Crippen MR) is 95.6 cm³/mol. The third kappa shape index (κ3) is 2.58. The number of nitrogens with two attached hydrogens (primary N) is 1. The molecule has 0 aliphatic carbocycles. The molecule has 5 heteroatoms. The molecule has 0 saturated carbocycles. The minimum atomic E-state index is 0.0153. The van der Waals surface area contributed by atoms with Crippen molar-refractivity contribution in [3.8, 4) is 11.5 Å². The number of nitrogens with one attached hydrogen (secondary N) is 1. The van der Waals surface area contributed by atoms with Gasteiger partial charge in [-0.05, 0) is 49.4 Å². The van der Waals surface area contributed by atoms with Gasteiger partial charge < -0.3 is 20.5 Å². The molecule has 5 nitrogen and oxygen atoms in total. The Morgan fingerprint density at radius 3 is 3.04 bits per heavy atom. The summed E-state index contributed by atoms with van der Waals surface area (Å²) in [5, 5.41) is 4.48. The minimum absolute atomic E-state index is 0.0153. The maximum absolute atomic E-state index is 5.82. The molecule has 0 radical (unpaired) electrons. The van der Waals surface area contributed by atoms with Crippen molar-refractivity contribution < 1.29 is 9.47 Å². The van der Waals surface area contributed by atoms with Gasteiger partial charge in [0.1, 0.15) is 23.9 Å². The van der Waals surface area contributed by atoms with Gasteiger partial charge in [0.25, 0.3) is 0 Å². The lowest BCUT2D eigenvalue weighted by Gasteiger charge is -2.16. The third-order valence-corrected chi connectivity index (χ3v) is 4.12. The zero-order chi connectivity index (χ0) is 16.5. The Labute approximate surface area is 140 Å². The van der Waals surface area contributed by atoms with E-state index in [0.29, 0.717) is 13.2 Å². The van der Waals surface area contributed by atoms with Gasteiger partial charge in [-0.15, -0.1) is 0 Å². The first-order valence-corrected chi connectivity index (χ1v) is 8.06. The zero-order valence-electron chi connectivity index (χ0n) is 13.5. The first kappa shape index (κ1) is 14.6. The fraction of sp³-hybridized carbons (Fsp3) is 0.211. The number of pyridine rings is 1. The van der Waals surface area contributed by atoms with E-state index in [4.69, 9.17) is 15.2 Å². The molecule has 122 valence electrons. The van der Waals surface area contributed by atoms with Crippen LogP contribution in [0.5, 0.6) is 11.5 Å². The van der Waals surface area contributed by atoms with Gasteiger partial charge in [-0.3, -0.25) is 0 Å². The van der Waals surface area contributed by atoms with Crippen LogP contribution in [0.3, 0.4) is 0 Å². The summed E-state index contributed by atoms with van der Waals surface area (Å²) in [5.74, 6) is 2.53. The molecular weight excluding hydrogens is 302 g/mol. The monoisotopic (exact) mass is 321 g/mol. The highest BCUT2D eigenvalue weighted by Gasteiger charge is 2.28. The van der Waals surface area contributed by atoms with Crippen LogP contribution in [0.25, 0.3) is 10.9 Å². The molecule has 2 aromatic carbocycles. The van der Waals surface area contributed by atoms with Crippen molar-refractivity contribution in [2.24, 2.45) is 0 Å². The normalized spacial score (nSPS) is 15.8. The number of hydrogen-bond donors (Lipinski definition) is 2. The summed E-state index contributed by atoms with van der Waals surface area (Å²) in [7, 11) is 0. The smallest absolute Gasteiger partial charge is 0.128 e. The summed E-state index contributed by atoms with van der Waals surface area (Å²) in [6, 6.07) is 15.6. The lowest BCUT2D eigenvalue weighted by atomic mass is 10.1. The molecular formula is C19H19N3O2. The standard InChI is InChI=1S/C19H19N3O2/c1-2-23-16-4-3-5-17-19(16)15(11-24-17)22-18-9-6-12-10-13(20)7-8-14(12)21-18/h3-10,15H,2,11,20H2,1H3,(H,21,22)/t15-/m1/s1. The van der Waals surface area contributed by atoms with E-state index in [1.165, 1.54) is 0 Å². The van der Waals surface area contributed by atoms with Crippen LogP contribution < -0.4 is 20.5 Å². The molecule has 1 atom stereocenters. The van der Waals surface area contributed by atoms with Gasteiger partial charge in [0, 0.05) is 11.1 Å². The second kappa shape index (κ2) is 5.92. The molecule has 0 spiro atoms. The Hall–Kier alpha value is -2.95. The molecule has 3 aromatic rings. The molecule has 0 amide bonds. The van der Waals surface area contributed by atoms with Crippen LogP contribution in [0.2, 0.25) is 0 Å². The molecule has 24 heavy (non-hydrogen) atoms. The number of ether oxygens (including phenoxy) is 2. The second-order valence-corrected chi connectivity index (χ2v) is 5.76. The quantitative estimate of drug-likeness (QED) is 0.716. The van der Waals surface area contributed by atoms with E-state index in [1.807, 2.05) is 55.5 Å². The highest BCUT2D eigenvalue weighted by atomic mass is 16.5. The second-order valence-electron chi connectivity index (χ2n) is 5.76. The van der Waals surface area contributed by atoms with Gasteiger partial charge in [-0.2, -0.15) is 0 Å². The first-order chi connectivity index (χ1) is 11.7. The van der Waals surface area contributed by atoms with Crippen molar-refractivity contribution in [3.63, 3.8) is 0 Å². The number of fused-ring (bicyclic) bond motifs is 2. The highest BCUT2D eigenvalue weighted by Crippen LogP contribution is 2.40. The number of nitrogens with zero attached hydrogens (tertiary/aromatic N) is 1. The van der Waals surface area contributed by atoms with Crippen molar-refractivity contribution in [2.75, 3.05) is 24.3 Å². The molecule has 1 aliphatic heterocycles. The van der Waals surface area contributed by atoms with Crippen molar-refractivity contribution in [3.05, 3.63) is 54.1 Å². The van der Waals surface area contributed by atoms with Crippen LogP contribution in [0.15, 0.2) is 48.5 Å². The van der Waals surface area contributed by atoms with E-state index >= 15 is 0 Å². The van der Waals surface area contributed by atoms with Crippen LogP contribution in [0.4, 0.5) is 11.5 Å². The van der Waals surface area contributed by atoms with Crippen LogP contribution in [0.1, 0.15) is 18.5 Å². The van der Waals surface area contributed by atoms with Crippen LogP contribution in [0, 0.1) is 0 Å². The van der Waals surface area contributed by atoms with Gasteiger partial charge in [0.2, 0.25) is 0 Å². The molecule has 0 unspecified atom stereocenters. The van der Waals surface area contributed by atoms with E-state index in [1.54, 1.807) is 0 Å². The number of benzene rings is 2. The summed E-state index contributed by atoms with van der Waals surface area (Å²) in [6.45, 7) is 3.16. The van der Waals surface area contributed by atoms with Crippen molar-refractivity contribution in [1.82, 2.24) is 4.98 Å². The Kier molecular flexibility index (Phi) is 3.61. The molecule has 2 heterocycles. The predicted octanol–water partition coefficient (Wildman–Crippen LogP) is 3.76. The maximum atomic E-state index is 5.82. The van der Waals surface area contributed by atoms with Crippen molar-refractivity contribution in [2.45, 2.75) is 13.0 Å². The van der Waals surface area contributed by atoms with E-state index in [0.717, 1.165) is 39.5 Å². The van der Waals surface area contributed by atoms with Crippen molar-refractivity contribution >= 4 is 22.4 Å². The Balaban J connectivity index is 1.65. The topological polar surface area (TPSA) is 69.4 Å². The Morgan fingerprint density at radius 1 is 1.25 bits per heavy atom. The summed E-state index contributed by atoms with van der Waals surface area (Å²) >= 11 is 0. The fourth-order valence-corrected chi connectivity index (χ4v) is 3.05. The van der Waals surface area contributed by atoms with Crippen LogP contribution >= 0.6 is 0 Å². The molecule has 4 rings (SSSR count). The largest absolute Gasteiger partial charge is 0.493 e. The van der Waals surface area contributed by atoms with Gasteiger partial charge in [0.05, 0.1) is 23.7 Å².